The van der Waals surface area contributed by atoms with E-state index in [2.05, 4.69) is 12.1 Å². The number of rotatable bonds is 5. The standard InChI is InChI=1S/C33H19Cl7N2O2/c34-18-3-1-17(2-4-18)31(43)30-29(23-9-6-20(36)12-27(23)39)32(15-41,16-42)25(22-8-5-19(35)11-26(22)38)14-33(30,44)24-10-7-21(37)13-28(24)40/h1-13,25,29-30,44H,14H2/t25-,29-,30+,33-/m1/s1. The van der Waals surface area contributed by atoms with Crippen molar-refractivity contribution in [2.24, 2.45) is 11.3 Å². The van der Waals surface area contributed by atoms with E-state index in [0.29, 0.717) is 25.7 Å². The smallest absolute Gasteiger partial charge is 0.169 e. The summed E-state index contributed by atoms with van der Waals surface area (Å²) in [6.07, 6.45) is -0.303. The van der Waals surface area contributed by atoms with Crippen molar-refractivity contribution in [1.82, 2.24) is 0 Å². The van der Waals surface area contributed by atoms with Gasteiger partial charge in [-0.3, -0.25) is 4.79 Å². The van der Waals surface area contributed by atoms with Crippen molar-refractivity contribution in [3.63, 3.8) is 0 Å². The van der Waals surface area contributed by atoms with Crippen LogP contribution in [0.4, 0.5) is 0 Å². The van der Waals surface area contributed by atoms with Gasteiger partial charge in [0.1, 0.15) is 5.60 Å². The number of carbonyl (C=O) groups excluding carboxylic acids is 1. The monoisotopic (exact) mass is 720 g/mol. The summed E-state index contributed by atoms with van der Waals surface area (Å²) >= 11 is 45.0. The number of benzene rings is 4. The third-order valence-electron chi connectivity index (χ3n) is 8.22. The fraction of sp³-hybridized carbons (Fsp3) is 0.182. The minimum Gasteiger partial charge on any atom is -0.384 e. The summed E-state index contributed by atoms with van der Waals surface area (Å²) in [6.45, 7) is 0. The highest BCUT2D eigenvalue weighted by atomic mass is 35.5. The third-order valence-corrected chi connectivity index (χ3v) is 10.1. The highest BCUT2D eigenvalue weighted by Gasteiger charge is 2.65. The van der Waals surface area contributed by atoms with Crippen LogP contribution in [0.3, 0.4) is 0 Å². The number of carbonyl (C=O) groups is 1. The lowest BCUT2D eigenvalue weighted by Gasteiger charge is -2.53. The molecule has 0 saturated heterocycles. The Bertz CT molecular complexity index is 1850. The topological polar surface area (TPSA) is 84.9 Å². The molecule has 4 aromatic rings. The summed E-state index contributed by atoms with van der Waals surface area (Å²) in [5.74, 6) is -4.43. The second kappa shape index (κ2) is 12.7. The van der Waals surface area contributed by atoms with Crippen molar-refractivity contribution in [1.29, 1.82) is 10.5 Å². The number of aliphatic hydroxyl groups is 1. The number of halogens is 7. The van der Waals surface area contributed by atoms with Crippen LogP contribution in [0.25, 0.3) is 0 Å². The SMILES string of the molecule is N#CC1(C#N)[C@@H](c2ccc(Cl)cc2Cl)C[C@@](O)(c2ccc(Cl)cc2Cl)[C@H](C(=O)c2ccc(Cl)cc2)[C@H]1c1ccc(Cl)cc1Cl. The van der Waals surface area contributed by atoms with Gasteiger partial charge in [0.2, 0.25) is 0 Å². The first kappa shape index (κ1) is 32.9. The molecule has 0 radical (unpaired) electrons. The molecule has 0 heterocycles. The third kappa shape index (κ3) is 5.69. The van der Waals surface area contributed by atoms with Gasteiger partial charge in [-0.1, -0.05) is 99.4 Å². The van der Waals surface area contributed by atoms with E-state index >= 15 is 0 Å². The number of Topliss-reactive ketones (excluding diaryl/α,β-unsaturated/α-hetero) is 1. The van der Waals surface area contributed by atoms with E-state index in [4.69, 9.17) is 81.2 Å². The Morgan fingerprint density at radius 2 is 1.16 bits per heavy atom. The van der Waals surface area contributed by atoms with Crippen LogP contribution in [0.5, 0.6) is 0 Å². The Kier molecular flexibility index (Phi) is 9.52. The first-order valence-electron chi connectivity index (χ1n) is 13.1. The Balaban J connectivity index is 1.92. The molecule has 0 aromatic heterocycles. The van der Waals surface area contributed by atoms with E-state index in [1.807, 2.05) is 0 Å². The van der Waals surface area contributed by atoms with Gasteiger partial charge in [0, 0.05) is 58.1 Å². The summed E-state index contributed by atoms with van der Waals surface area (Å²) in [6, 6.07) is 24.3. The predicted molar refractivity (Wildman–Crippen MR) is 176 cm³/mol. The van der Waals surface area contributed by atoms with Crippen molar-refractivity contribution in [2.75, 3.05) is 0 Å². The zero-order valence-electron chi connectivity index (χ0n) is 22.3. The van der Waals surface area contributed by atoms with E-state index in [0.717, 1.165) is 0 Å². The van der Waals surface area contributed by atoms with Crippen LogP contribution < -0.4 is 0 Å². The zero-order chi connectivity index (χ0) is 32.0. The molecule has 11 heteroatoms. The average Bonchev–Trinajstić information content (AvgIpc) is 2.97. The molecule has 0 amide bonds. The maximum Gasteiger partial charge on any atom is 0.169 e. The number of hydrogen-bond donors (Lipinski definition) is 1. The Morgan fingerprint density at radius 3 is 1.66 bits per heavy atom. The fourth-order valence-electron chi connectivity index (χ4n) is 6.27. The van der Waals surface area contributed by atoms with Gasteiger partial charge in [-0.2, -0.15) is 10.5 Å². The number of ketones is 1. The van der Waals surface area contributed by atoms with E-state index in [9.17, 15) is 20.4 Å². The number of nitriles is 2. The van der Waals surface area contributed by atoms with Gasteiger partial charge in [0.15, 0.2) is 11.2 Å². The zero-order valence-corrected chi connectivity index (χ0v) is 27.6. The lowest BCUT2D eigenvalue weighted by Crippen LogP contribution is -2.56. The molecule has 0 bridgehead atoms. The molecule has 0 aliphatic heterocycles. The molecule has 222 valence electrons. The molecule has 1 N–H and O–H groups in total. The van der Waals surface area contributed by atoms with Gasteiger partial charge in [-0.15, -0.1) is 0 Å². The number of hydrogen-bond acceptors (Lipinski definition) is 4. The van der Waals surface area contributed by atoms with Gasteiger partial charge in [0.05, 0.1) is 18.1 Å². The molecule has 0 spiro atoms. The van der Waals surface area contributed by atoms with E-state index < -0.39 is 34.6 Å². The van der Waals surface area contributed by atoms with Crippen molar-refractivity contribution in [3.8, 4) is 12.1 Å². The molecule has 0 unspecified atom stereocenters. The van der Waals surface area contributed by atoms with Gasteiger partial charge in [0.25, 0.3) is 0 Å². The van der Waals surface area contributed by atoms with Crippen molar-refractivity contribution in [3.05, 3.63) is 136 Å². The molecule has 1 aliphatic carbocycles. The minimum atomic E-state index is -2.09. The maximum absolute atomic E-state index is 14.7. The van der Waals surface area contributed by atoms with Gasteiger partial charge < -0.3 is 5.11 Å². The largest absolute Gasteiger partial charge is 0.384 e. The predicted octanol–water partition coefficient (Wildman–Crippen LogP) is 11.0. The second-order valence-corrected chi connectivity index (χ2v) is 13.5. The van der Waals surface area contributed by atoms with Crippen molar-refractivity contribution in [2.45, 2.75) is 23.9 Å². The molecule has 1 saturated carbocycles. The molecule has 1 fully saturated rings. The first-order valence-corrected chi connectivity index (χ1v) is 15.7. The van der Waals surface area contributed by atoms with Crippen LogP contribution in [0.15, 0.2) is 78.9 Å². The van der Waals surface area contributed by atoms with Gasteiger partial charge in [-0.25, -0.2) is 0 Å². The molecular formula is C33H19Cl7N2O2. The van der Waals surface area contributed by atoms with Crippen LogP contribution in [0.2, 0.25) is 35.2 Å². The van der Waals surface area contributed by atoms with Crippen LogP contribution >= 0.6 is 81.2 Å². The van der Waals surface area contributed by atoms with E-state index in [1.165, 1.54) is 54.6 Å². The minimum absolute atomic E-state index is 0.0808. The Hall–Kier alpha value is -2.48. The Labute approximate surface area is 289 Å². The summed E-state index contributed by atoms with van der Waals surface area (Å²) in [4.78, 5) is 14.7. The van der Waals surface area contributed by atoms with Crippen LogP contribution in [0, 0.1) is 34.0 Å². The Morgan fingerprint density at radius 1 is 0.682 bits per heavy atom. The normalized spacial score (nSPS) is 22.5. The highest BCUT2D eigenvalue weighted by Crippen LogP contribution is 2.65. The molecule has 44 heavy (non-hydrogen) atoms. The molecule has 5 rings (SSSR count). The second-order valence-electron chi connectivity index (χ2n) is 10.6. The van der Waals surface area contributed by atoms with Crippen LogP contribution in [0.1, 0.15) is 45.3 Å². The van der Waals surface area contributed by atoms with Crippen molar-refractivity contribution < 1.29 is 9.90 Å². The van der Waals surface area contributed by atoms with Crippen molar-refractivity contribution >= 4 is 87.0 Å². The van der Waals surface area contributed by atoms with Crippen LogP contribution in [-0.4, -0.2) is 10.9 Å². The quantitative estimate of drug-likeness (QED) is 0.208. The van der Waals surface area contributed by atoms with Gasteiger partial charge in [-0.05, 0) is 78.2 Å². The summed E-state index contributed by atoms with van der Waals surface area (Å²) in [5, 5.41) is 36.6. The lowest BCUT2D eigenvalue weighted by atomic mass is 9.48. The first-order chi connectivity index (χ1) is 20.9. The highest BCUT2D eigenvalue weighted by molar-refractivity contribution is 6.36. The average molecular weight is 724 g/mol. The summed E-state index contributed by atoms with van der Waals surface area (Å²) in [5.41, 5.74) is -3.10. The number of nitrogens with zero attached hydrogens (tertiary/aromatic N) is 2. The molecule has 4 atom stereocenters. The molecule has 4 nitrogen and oxygen atoms in total. The fourth-order valence-corrected chi connectivity index (χ4v) is 8.04. The van der Waals surface area contributed by atoms with E-state index in [1.54, 1.807) is 24.3 Å². The lowest BCUT2D eigenvalue weighted by molar-refractivity contribution is -0.0782. The maximum atomic E-state index is 14.7. The summed E-state index contributed by atoms with van der Waals surface area (Å²) < 4.78 is 0. The van der Waals surface area contributed by atoms with E-state index in [-0.39, 0.29) is 38.2 Å². The molecular weight excluding hydrogens is 705 g/mol. The molecule has 4 aromatic carbocycles. The van der Waals surface area contributed by atoms with Crippen LogP contribution in [-0.2, 0) is 5.60 Å². The molecule has 1 aliphatic rings. The summed E-state index contributed by atoms with van der Waals surface area (Å²) in [7, 11) is 0. The van der Waals surface area contributed by atoms with Gasteiger partial charge >= 0.3 is 0 Å².